The lowest BCUT2D eigenvalue weighted by atomic mass is 10.1. The number of aliphatic hydroxyl groups is 2. The summed E-state index contributed by atoms with van der Waals surface area (Å²) in [6, 6.07) is 6.93. The molecule has 118 valence electrons. The monoisotopic (exact) mass is 305 g/mol. The maximum absolute atomic E-state index is 12.0. The number of hydrogen-bond donors (Lipinski definition) is 3. The SMILES string of the molecule is CCOC(=O)c1ccc(-n2cccn2)cc1NCC(O)CO. The maximum atomic E-state index is 12.0. The fraction of sp³-hybridized carbons (Fsp3) is 0.333. The molecule has 1 aromatic heterocycles. The van der Waals surface area contributed by atoms with Crippen molar-refractivity contribution in [1.82, 2.24) is 9.78 Å². The quantitative estimate of drug-likeness (QED) is 0.655. The molecule has 0 amide bonds. The van der Waals surface area contributed by atoms with E-state index in [1.54, 1.807) is 48.3 Å². The Bertz CT molecular complexity index is 613. The summed E-state index contributed by atoms with van der Waals surface area (Å²) in [6.45, 7) is 1.77. The van der Waals surface area contributed by atoms with Gasteiger partial charge in [0.1, 0.15) is 0 Å². The van der Waals surface area contributed by atoms with Gasteiger partial charge in [0, 0.05) is 18.9 Å². The third kappa shape index (κ3) is 3.84. The molecule has 1 atom stereocenters. The second-order valence-corrected chi connectivity index (χ2v) is 4.62. The van der Waals surface area contributed by atoms with Crippen molar-refractivity contribution in [2.45, 2.75) is 13.0 Å². The lowest BCUT2D eigenvalue weighted by Gasteiger charge is -2.15. The van der Waals surface area contributed by atoms with E-state index < -0.39 is 12.1 Å². The van der Waals surface area contributed by atoms with Crippen LogP contribution in [0.25, 0.3) is 5.69 Å². The summed E-state index contributed by atoms with van der Waals surface area (Å²) in [5.41, 5.74) is 1.64. The summed E-state index contributed by atoms with van der Waals surface area (Å²) in [5, 5.41) is 25.4. The van der Waals surface area contributed by atoms with Gasteiger partial charge in [-0.3, -0.25) is 0 Å². The van der Waals surface area contributed by atoms with E-state index in [4.69, 9.17) is 9.84 Å². The minimum Gasteiger partial charge on any atom is -0.462 e. The number of benzene rings is 1. The summed E-state index contributed by atoms with van der Waals surface area (Å²) >= 11 is 0. The van der Waals surface area contributed by atoms with Gasteiger partial charge in [-0.1, -0.05) is 0 Å². The van der Waals surface area contributed by atoms with Crippen LogP contribution in [-0.2, 0) is 4.74 Å². The van der Waals surface area contributed by atoms with Gasteiger partial charge in [0.2, 0.25) is 0 Å². The van der Waals surface area contributed by atoms with E-state index >= 15 is 0 Å². The van der Waals surface area contributed by atoms with E-state index in [1.165, 1.54) is 0 Å². The van der Waals surface area contributed by atoms with Crippen LogP contribution < -0.4 is 5.32 Å². The summed E-state index contributed by atoms with van der Waals surface area (Å²) in [7, 11) is 0. The number of anilines is 1. The van der Waals surface area contributed by atoms with Crippen LogP contribution in [0.15, 0.2) is 36.7 Å². The first kappa shape index (κ1) is 16.0. The van der Waals surface area contributed by atoms with E-state index in [0.29, 0.717) is 11.3 Å². The zero-order valence-corrected chi connectivity index (χ0v) is 12.3. The van der Waals surface area contributed by atoms with Crippen molar-refractivity contribution in [3.8, 4) is 5.69 Å². The van der Waals surface area contributed by atoms with Crippen molar-refractivity contribution in [1.29, 1.82) is 0 Å². The Kier molecular flexibility index (Phi) is 5.51. The molecule has 0 aliphatic rings. The lowest BCUT2D eigenvalue weighted by Crippen LogP contribution is -2.24. The molecule has 1 unspecified atom stereocenters. The molecule has 2 aromatic rings. The molecule has 0 saturated heterocycles. The molecule has 7 nitrogen and oxygen atoms in total. The molecule has 3 N–H and O–H groups in total. The highest BCUT2D eigenvalue weighted by atomic mass is 16.5. The average molecular weight is 305 g/mol. The number of esters is 1. The van der Waals surface area contributed by atoms with Crippen LogP contribution in [0, 0.1) is 0 Å². The van der Waals surface area contributed by atoms with Crippen molar-refractivity contribution < 1.29 is 19.7 Å². The zero-order valence-electron chi connectivity index (χ0n) is 12.3. The number of ether oxygens (including phenoxy) is 1. The molecule has 0 saturated carbocycles. The van der Waals surface area contributed by atoms with E-state index in [2.05, 4.69) is 10.4 Å². The van der Waals surface area contributed by atoms with Crippen LogP contribution in [0.4, 0.5) is 5.69 Å². The molecular formula is C15H19N3O4. The zero-order chi connectivity index (χ0) is 15.9. The molecule has 1 aromatic carbocycles. The Morgan fingerprint density at radius 3 is 2.95 bits per heavy atom. The summed E-state index contributed by atoms with van der Waals surface area (Å²) in [6.07, 6.45) is 2.52. The average Bonchev–Trinajstić information content (AvgIpc) is 3.07. The first-order valence-electron chi connectivity index (χ1n) is 6.99. The highest BCUT2D eigenvalue weighted by Gasteiger charge is 2.14. The number of nitrogens with zero attached hydrogens (tertiary/aromatic N) is 2. The first-order valence-corrected chi connectivity index (χ1v) is 6.99. The second kappa shape index (κ2) is 7.58. The van der Waals surface area contributed by atoms with Crippen LogP contribution in [0.5, 0.6) is 0 Å². The molecule has 0 bridgehead atoms. The molecule has 7 heteroatoms. The van der Waals surface area contributed by atoms with Gasteiger partial charge in [-0.15, -0.1) is 0 Å². The number of carbonyl (C=O) groups is 1. The van der Waals surface area contributed by atoms with Crippen molar-refractivity contribution in [2.75, 3.05) is 25.1 Å². The van der Waals surface area contributed by atoms with Crippen LogP contribution in [0.1, 0.15) is 17.3 Å². The summed E-state index contributed by atoms with van der Waals surface area (Å²) in [5.74, 6) is -0.449. The van der Waals surface area contributed by atoms with E-state index in [9.17, 15) is 9.90 Å². The topological polar surface area (TPSA) is 96.6 Å². The maximum Gasteiger partial charge on any atom is 0.340 e. The molecule has 22 heavy (non-hydrogen) atoms. The van der Waals surface area contributed by atoms with E-state index in [0.717, 1.165) is 5.69 Å². The molecule has 0 radical (unpaired) electrons. The third-order valence-corrected chi connectivity index (χ3v) is 3.01. The number of rotatable bonds is 7. The van der Waals surface area contributed by atoms with Crippen LogP contribution in [0.3, 0.4) is 0 Å². The van der Waals surface area contributed by atoms with Crippen molar-refractivity contribution >= 4 is 11.7 Å². The number of aromatic nitrogens is 2. The van der Waals surface area contributed by atoms with E-state index in [1.807, 2.05) is 0 Å². The second-order valence-electron chi connectivity index (χ2n) is 4.62. The van der Waals surface area contributed by atoms with E-state index in [-0.39, 0.29) is 19.8 Å². The highest BCUT2D eigenvalue weighted by molar-refractivity contribution is 5.96. The Labute approximate surface area is 128 Å². The fourth-order valence-electron chi connectivity index (χ4n) is 1.92. The Morgan fingerprint density at radius 2 is 2.32 bits per heavy atom. The van der Waals surface area contributed by atoms with Crippen LogP contribution in [0.2, 0.25) is 0 Å². The molecule has 2 rings (SSSR count). The molecule has 0 fully saturated rings. The van der Waals surface area contributed by atoms with Gasteiger partial charge in [-0.05, 0) is 31.2 Å². The van der Waals surface area contributed by atoms with Crippen molar-refractivity contribution in [3.63, 3.8) is 0 Å². The number of nitrogens with one attached hydrogen (secondary N) is 1. The Balaban J connectivity index is 2.30. The number of aliphatic hydroxyl groups excluding tert-OH is 2. The molecule has 1 heterocycles. The van der Waals surface area contributed by atoms with Gasteiger partial charge in [-0.2, -0.15) is 5.10 Å². The third-order valence-electron chi connectivity index (χ3n) is 3.01. The first-order chi connectivity index (χ1) is 10.7. The van der Waals surface area contributed by atoms with Crippen LogP contribution >= 0.6 is 0 Å². The number of carbonyl (C=O) groups excluding carboxylic acids is 1. The standard InChI is InChI=1S/C15H19N3O4/c1-2-22-15(21)13-5-4-11(18-7-3-6-17-18)8-14(13)16-9-12(20)10-19/h3-8,12,16,19-20H,2,9-10H2,1H3. The Hall–Kier alpha value is -2.38. The van der Waals surface area contributed by atoms with Gasteiger partial charge in [0.15, 0.2) is 0 Å². The minimum atomic E-state index is -0.914. The fourth-order valence-corrected chi connectivity index (χ4v) is 1.92. The van der Waals surface area contributed by atoms with Gasteiger partial charge in [0.25, 0.3) is 0 Å². The molecule has 0 aliphatic carbocycles. The summed E-state index contributed by atoms with van der Waals surface area (Å²) < 4.78 is 6.67. The van der Waals surface area contributed by atoms with Crippen molar-refractivity contribution in [2.24, 2.45) is 0 Å². The lowest BCUT2D eigenvalue weighted by molar-refractivity contribution is 0.0527. The Morgan fingerprint density at radius 1 is 1.50 bits per heavy atom. The molecule has 0 spiro atoms. The van der Waals surface area contributed by atoms with Crippen LogP contribution in [-0.4, -0.2) is 51.8 Å². The molecule has 0 aliphatic heterocycles. The predicted octanol–water partition coefficient (Wildman–Crippen LogP) is 0.814. The normalized spacial score (nSPS) is 12.0. The smallest absolute Gasteiger partial charge is 0.340 e. The largest absolute Gasteiger partial charge is 0.462 e. The minimum absolute atomic E-state index is 0.117. The predicted molar refractivity (Wildman–Crippen MR) is 81.1 cm³/mol. The highest BCUT2D eigenvalue weighted by Crippen LogP contribution is 2.21. The van der Waals surface area contributed by atoms with Gasteiger partial charge < -0.3 is 20.3 Å². The van der Waals surface area contributed by atoms with Gasteiger partial charge in [0.05, 0.1) is 36.3 Å². The van der Waals surface area contributed by atoms with Gasteiger partial charge in [-0.25, -0.2) is 9.48 Å². The van der Waals surface area contributed by atoms with Gasteiger partial charge >= 0.3 is 5.97 Å². The van der Waals surface area contributed by atoms with Crippen molar-refractivity contribution in [3.05, 3.63) is 42.2 Å². The number of hydrogen-bond acceptors (Lipinski definition) is 6. The summed E-state index contributed by atoms with van der Waals surface area (Å²) in [4.78, 5) is 12.0. The molecular weight excluding hydrogens is 286 g/mol.